The van der Waals surface area contributed by atoms with E-state index in [0.29, 0.717) is 0 Å². The number of para-hydroxylation sites is 3. The predicted octanol–water partition coefficient (Wildman–Crippen LogP) is 15.8. The highest BCUT2D eigenvalue weighted by molar-refractivity contribution is 6.17. The number of hydrogen-bond donors (Lipinski definition) is 0. The highest BCUT2D eigenvalue weighted by Crippen LogP contribution is 2.53. The summed E-state index contributed by atoms with van der Waals surface area (Å²) in [6.07, 6.45) is 0. The first-order valence-corrected chi connectivity index (χ1v) is 20.8. The first kappa shape index (κ1) is 34.4. The van der Waals surface area contributed by atoms with Crippen molar-refractivity contribution in [2.75, 3.05) is 4.90 Å². The first-order valence-electron chi connectivity index (χ1n) is 20.8. The first-order chi connectivity index (χ1) is 29.5. The third-order valence-electron chi connectivity index (χ3n) is 12.8. The zero-order chi connectivity index (χ0) is 40.0. The van der Waals surface area contributed by atoms with E-state index < -0.39 is 0 Å². The van der Waals surface area contributed by atoms with E-state index in [1.54, 1.807) is 0 Å². The van der Waals surface area contributed by atoms with E-state index in [-0.39, 0.29) is 5.41 Å². The molecular formula is C57H40N2O. The second-order valence-corrected chi connectivity index (χ2v) is 16.5. The van der Waals surface area contributed by atoms with Crippen LogP contribution in [0, 0.1) is 0 Å². The van der Waals surface area contributed by atoms with Gasteiger partial charge in [0, 0.05) is 49.6 Å². The summed E-state index contributed by atoms with van der Waals surface area (Å²) in [4.78, 5) is 2.48. The van der Waals surface area contributed by atoms with Crippen LogP contribution in [0.15, 0.2) is 211 Å². The molecule has 0 fully saturated rings. The Morgan fingerprint density at radius 3 is 1.95 bits per heavy atom. The third-order valence-corrected chi connectivity index (χ3v) is 12.8. The molecule has 3 heteroatoms. The van der Waals surface area contributed by atoms with Gasteiger partial charge in [0.1, 0.15) is 11.2 Å². The van der Waals surface area contributed by atoms with Gasteiger partial charge in [0.15, 0.2) is 0 Å². The summed E-state index contributed by atoms with van der Waals surface area (Å²) in [5, 5.41) is 4.65. The average molecular weight is 769 g/mol. The maximum Gasteiger partial charge on any atom is 0.136 e. The maximum absolute atomic E-state index is 6.63. The second-order valence-electron chi connectivity index (χ2n) is 16.5. The van der Waals surface area contributed by atoms with Crippen LogP contribution in [0.3, 0.4) is 0 Å². The molecule has 60 heavy (non-hydrogen) atoms. The molecule has 2 aromatic heterocycles. The molecule has 1 aliphatic carbocycles. The minimum absolute atomic E-state index is 0.172. The number of rotatable bonds is 6. The minimum atomic E-state index is -0.172. The van der Waals surface area contributed by atoms with E-state index in [2.05, 4.69) is 230 Å². The van der Waals surface area contributed by atoms with Crippen LogP contribution in [0.2, 0.25) is 0 Å². The average Bonchev–Trinajstić information content (AvgIpc) is 3.92. The summed E-state index contributed by atoms with van der Waals surface area (Å²) < 4.78 is 9.04. The topological polar surface area (TPSA) is 21.3 Å². The van der Waals surface area contributed by atoms with E-state index in [9.17, 15) is 0 Å². The Hall–Kier alpha value is -7.62. The van der Waals surface area contributed by atoms with E-state index in [1.807, 2.05) is 0 Å². The second kappa shape index (κ2) is 13.2. The van der Waals surface area contributed by atoms with E-state index in [1.165, 1.54) is 49.7 Å². The van der Waals surface area contributed by atoms with Gasteiger partial charge in [0.05, 0.1) is 16.7 Å². The van der Waals surface area contributed by atoms with Crippen molar-refractivity contribution < 1.29 is 4.42 Å². The Kier molecular flexibility index (Phi) is 7.58. The van der Waals surface area contributed by atoms with Gasteiger partial charge in [0.25, 0.3) is 0 Å². The minimum Gasteiger partial charge on any atom is -0.456 e. The molecular weight excluding hydrogens is 729 g/mol. The molecule has 0 spiro atoms. The van der Waals surface area contributed by atoms with Gasteiger partial charge in [-0.05, 0) is 106 Å². The van der Waals surface area contributed by atoms with Crippen molar-refractivity contribution in [3.8, 4) is 39.1 Å². The van der Waals surface area contributed by atoms with Crippen LogP contribution in [0.1, 0.15) is 25.0 Å². The Morgan fingerprint density at radius 2 is 1.08 bits per heavy atom. The number of hydrogen-bond acceptors (Lipinski definition) is 2. The Balaban J connectivity index is 1.18. The molecule has 3 nitrogen and oxygen atoms in total. The molecule has 0 bridgehead atoms. The maximum atomic E-state index is 6.63. The molecule has 1 aliphatic rings. The molecule has 0 saturated carbocycles. The zero-order valence-corrected chi connectivity index (χ0v) is 33.4. The largest absolute Gasteiger partial charge is 0.456 e. The number of furan rings is 1. The summed E-state index contributed by atoms with van der Waals surface area (Å²) in [7, 11) is 0. The molecule has 0 N–H and O–H groups in total. The fourth-order valence-corrected chi connectivity index (χ4v) is 9.98. The third kappa shape index (κ3) is 5.15. The lowest BCUT2D eigenvalue weighted by Gasteiger charge is -2.30. The van der Waals surface area contributed by atoms with Crippen molar-refractivity contribution >= 4 is 60.8 Å². The standard InChI is InChI=1S/C57H40N2O/c1-57(2)48-25-12-9-22-43(48)44-30-28-41(35-49(44)57)58(42-29-31-46-45-23-10-13-26-50(45)59(52(46)36-42)40-20-7-4-8-21-40)51-32-33-54-56(47-24-11-14-27-53(47)60-54)55(51)39-19-15-18-38(34-39)37-16-5-3-6-17-37/h3-36H,1-2H3. The van der Waals surface area contributed by atoms with Gasteiger partial charge in [-0.1, -0.05) is 153 Å². The van der Waals surface area contributed by atoms with Gasteiger partial charge in [-0.3, -0.25) is 0 Å². The smallest absolute Gasteiger partial charge is 0.136 e. The molecule has 12 rings (SSSR count). The highest BCUT2D eigenvalue weighted by atomic mass is 16.3. The molecule has 0 unspecified atom stereocenters. The van der Waals surface area contributed by atoms with Gasteiger partial charge >= 0.3 is 0 Å². The van der Waals surface area contributed by atoms with Gasteiger partial charge in [-0.15, -0.1) is 0 Å². The molecule has 0 saturated heterocycles. The van der Waals surface area contributed by atoms with Crippen LogP contribution in [0.5, 0.6) is 0 Å². The summed E-state index contributed by atoms with van der Waals surface area (Å²) in [6.45, 7) is 4.72. The van der Waals surface area contributed by atoms with Crippen LogP contribution in [0.25, 0.3) is 82.8 Å². The van der Waals surface area contributed by atoms with Crippen molar-refractivity contribution in [3.05, 3.63) is 217 Å². The molecule has 9 aromatic carbocycles. The lowest BCUT2D eigenvalue weighted by molar-refractivity contribution is 0.660. The summed E-state index contributed by atoms with van der Waals surface area (Å²) >= 11 is 0. The van der Waals surface area contributed by atoms with Crippen LogP contribution < -0.4 is 4.90 Å². The zero-order valence-electron chi connectivity index (χ0n) is 33.4. The quantitative estimate of drug-likeness (QED) is 0.168. The molecule has 0 aliphatic heterocycles. The van der Waals surface area contributed by atoms with Gasteiger partial charge in [0.2, 0.25) is 0 Å². The van der Waals surface area contributed by atoms with Crippen LogP contribution in [-0.4, -0.2) is 4.57 Å². The summed E-state index contributed by atoms with van der Waals surface area (Å²) in [5.41, 5.74) is 18.2. The molecule has 0 atom stereocenters. The summed E-state index contributed by atoms with van der Waals surface area (Å²) in [6, 6.07) is 75.0. The van der Waals surface area contributed by atoms with Crippen LogP contribution >= 0.6 is 0 Å². The number of aromatic nitrogens is 1. The van der Waals surface area contributed by atoms with Crippen LogP contribution in [0.4, 0.5) is 17.1 Å². The monoisotopic (exact) mass is 768 g/mol. The van der Waals surface area contributed by atoms with Gasteiger partial charge < -0.3 is 13.9 Å². The van der Waals surface area contributed by atoms with E-state index >= 15 is 0 Å². The lowest BCUT2D eigenvalue weighted by atomic mass is 9.82. The number of fused-ring (bicyclic) bond motifs is 9. The number of nitrogens with zero attached hydrogens (tertiary/aromatic N) is 2. The Bertz CT molecular complexity index is 3460. The lowest BCUT2D eigenvalue weighted by Crippen LogP contribution is -2.17. The number of anilines is 3. The van der Waals surface area contributed by atoms with Crippen molar-refractivity contribution in [1.82, 2.24) is 4.57 Å². The molecule has 0 amide bonds. The Labute approximate surface area is 349 Å². The van der Waals surface area contributed by atoms with E-state index in [0.717, 1.165) is 61.3 Å². The molecule has 284 valence electrons. The molecule has 2 heterocycles. The SMILES string of the molecule is CC1(C)c2ccccc2-c2ccc(N(c3ccc4c5ccccc5n(-c5ccccc5)c4c3)c3ccc4oc5ccccc5c4c3-c3cccc(-c4ccccc4)c3)cc21. The van der Waals surface area contributed by atoms with E-state index in [4.69, 9.17) is 4.42 Å². The normalized spacial score (nSPS) is 13.0. The molecule has 11 aromatic rings. The molecule has 0 radical (unpaired) electrons. The van der Waals surface area contributed by atoms with Crippen molar-refractivity contribution in [1.29, 1.82) is 0 Å². The Morgan fingerprint density at radius 1 is 0.433 bits per heavy atom. The van der Waals surface area contributed by atoms with Crippen molar-refractivity contribution in [3.63, 3.8) is 0 Å². The van der Waals surface area contributed by atoms with Crippen LogP contribution in [-0.2, 0) is 5.41 Å². The predicted molar refractivity (Wildman–Crippen MR) is 251 cm³/mol. The van der Waals surface area contributed by atoms with Gasteiger partial charge in [-0.2, -0.15) is 0 Å². The number of benzene rings is 9. The fraction of sp³-hybridized carbons (Fsp3) is 0.0526. The highest BCUT2D eigenvalue weighted by Gasteiger charge is 2.36. The van der Waals surface area contributed by atoms with Crippen molar-refractivity contribution in [2.24, 2.45) is 0 Å². The fourth-order valence-electron chi connectivity index (χ4n) is 9.98. The summed E-state index contributed by atoms with van der Waals surface area (Å²) in [5.74, 6) is 0. The van der Waals surface area contributed by atoms with Crippen molar-refractivity contribution in [2.45, 2.75) is 19.3 Å². The van der Waals surface area contributed by atoms with Gasteiger partial charge in [-0.25, -0.2) is 0 Å².